The Kier molecular flexibility index (Phi) is 4.39. The van der Waals surface area contributed by atoms with Crippen LogP contribution in [0.5, 0.6) is 11.5 Å². The van der Waals surface area contributed by atoms with Crippen molar-refractivity contribution in [2.75, 3.05) is 13.2 Å². The van der Waals surface area contributed by atoms with Gasteiger partial charge in [0.2, 0.25) is 0 Å². The number of ether oxygens (including phenoxy) is 2. The zero-order chi connectivity index (χ0) is 19.1. The van der Waals surface area contributed by atoms with Crippen molar-refractivity contribution >= 4 is 5.97 Å². The molecular formula is C17H14F3NO5. The van der Waals surface area contributed by atoms with Gasteiger partial charge in [-0.15, -0.1) is 0 Å². The normalized spacial score (nSPS) is 13.2. The molecule has 0 unspecified atom stereocenters. The van der Waals surface area contributed by atoms with E-state index in [1.807, 2.05) is 0 Å². The van der Waals surface area contributed by atoms with Crippen LogP contribution >= 0.6 is 0 Å². The summed E-state index contributed by atoms with van der Waals surface area (Å²) in [5, 5.41) is 9.09. The number of aryl methyl sites for hydroxylation is 1. The van der Waals surface area contributed by atoms with Crippen molar-refractivity contribution in [3.8, 4) is 22.8 Å². The van der Waals surface area contributed by atoms with E-state index in [0.717, 1.165) is 0 Å². The molecule has 1 aliphatic rings. The van der Waals surface area contributed by atoms with Gasteiger partial charge in [-0.25, -0.2) is 4.79 Å². The summed E-state index contributed by atoms with van der Waals surface area (Å²) in [5.74, 6) is -1.04. The maximum Gasteiger partial charge on any atom is 0.422 e. The maximum absolute atomic E-state index is 12.4. The first-order chi connectivity index (χ1) is 12.2. The summed E-state index contributed by atoms with van der Waals surface area (Å²) in [6.07, 6.45) is -3.23. The van der Waals surface area contributed by atoms with Crippen LogP contribution in [0.15, 0.2) is 29.2 Å². The number of aromatic nitrogens is 1. The third-order valence-electron chi connectivity index (χ3n) is 3.89. The molecule has 1 N–H and O–H groups in total. The molecule has 3 rings (SSSR count). The molecule has 0 spiro atoms. The maximum atomic E-state index is 12.4. The molecule has 1 aliphatic heterocycles. The van der Waals surface area contributed by atoms with Gasteiger partial charge in [-0.1, -0.05) is 0 Å². The van der Waals surface area contributed by atoms with Gasteiger partial charge in [0.05, 0.1) is 12.2 Å². The number of carboxylic acids is 1. The molecule has 2 heterocycles. The first-order valence-electron chi connectivity index (χ1n) is 7.61. The second-order valence-electron chi connectivity index (χ2n) is 5.80. The number of hydrogen-bond acceptors (Lipinski definition) is 4. The minimum atomic E-state index is -4.47. The molecule has 0 bridgehead atoms. The number of rotatable bonds is 3. The SMILES string of the molecule is Cc1cc2c(cc1OCC(F)(F)F)OCCn1cc(C(=O)O)c(=O)cc1-2. The molecule has 0 fully saturated rings. The molecule has 0 saturated carbocycles. The fraction of sp³-hybridized carbons (Fsp3) is 0.294. The van der Waals surface area contributed by atoms with Crippen molar-refractivity contribution in [1.82, 2.24) is 4.57 Å². The van der Waals surface area contributed by atoms with E-state index < -0.39 is 24.2 Å². The molecule has 0 amide bonds. The fourth-order valence-electron chi connectivity index (χ4n) is 2.71. The van der Waals surface area contributed by atoms with E-state index in [2.05, 4.69) is 0 Å². The molecule has 2 aromatic rings. The number of hydrogen-bond donors (Lipinski definition) is 1. The van der Waals surface area contributed by atoms with Crippen LogP contribution in [0.3, 0.4) is 0 Å². The molecule has 0 aliphatic carbocycles. The lowest BCUT2D eigenvalue weighted by Gasteiger charge is -2.15. The molecule has 26 heavy (non-hydrogen) atoms. The molecule has 6 nitrogen and oxygen atoms in total. The Morgan fingerprint density at radius 2 is 2.08 bits per heavy atom. The lowest BCUT2D eigenvalue weighted by Crippen LogP contribution is -2.19. The van der Waals surface area contributed by atoms with Crippen molar-refractivity contribution in [2.45, 2.75) is 19.6 Å². The van der Waals surface area contributed by atoms with Gasteiger partial charge in [-0.05, 0) is 18.6 Å². The van der Waals surface area contributed by atoms with E-state index in [1.165, 1.54) is 18.3 Å². The van der Waals surface area contributed by atoms with E-state index in [-0.39, 0.29) is 30.2 Å². The molecule has 0 radical (unpaired) electrons. The predicted molar refractivity (Wildman–Crippen MR) is 84.9 cm³/mol. The zero-order valence-electron chi connectivity index (χ0n) is 13.6. The number of benzene rings is 1. The van der Waals surface area contributed by atoms with Crippen LogP contribution in [0, 0.1) is 6.92 Å². The van der Waals surface area contributed by atoms with Crippen LogP contribution < -0.4 is 14.9 Å². The molecule has 1 aromatic heterocycles. The summed E-state index contributed by atoms with van der Waals surface area (Å²) in [6.45, 7) is 0.585. The zero-order valence-corrected chi connectivity index (χ0v) is 13.6. The molecule has 9 heteroatoms. The number of aromatic carboxylic acids is 1. The first-order valence-corrected chi connectivity index (χ1v) is 7.61. The summed E-state index contributed by atoms with van der Waals surface area (Å²) in [6, 6.07) is 4.09. The Balaban J connectivity index is 2.08. The van der Waals surface area contributed by atoms with Crippen LogP contribution in [-0.2, 0) is 6.54 Å². The van der Waals surface area contributed by atoms with Gasteiger partial charge in [-0.2, -0.15) is 13.2 Å². The van der Waals surface area contributed by atoms with Gasteiger partial charge < -0.3 is 19.1 Å². The molecule has 0 atom stereocenters. The lowest BCUT2D eigenvalue weighted by atomic mass is 10.0. The number of nitrogens with zero attached hydrogens (tertiary/aromatic N) is 1. The predicted octanol–water partition coefficient (Wildman–Crippen LogP) is 2.86. The van der Waals surface area contributed by atoms with Crippen LogP contribution in [-0.4, -0.2) is 35.0 Å². The Morgan fingerprint density at radius 1 is 1.35 bits per heavy atom. The van der Waals surface area contributed by atoms with Crippen molar-refractivity contribution < 1.29 is 32.5 Å². The minimum absolute atomic E-state index is 0.0269. The van der Waals surface area contributed by atoms with Gasteiger partial charge in [0.15, 0.2) is 12.0 Å². The Bertz CT molecular complexity index is 933. The highest BCUT2D eigenvalue weighted by Crippen LogP contribution is 2.37. The number of alkyl halides is 3. The summed E-state index contributed by atoms with van der Waals surface area (Å²) in [5.41, 5.74) is 0.317. The minimum Gasteiger partial charge on any atom is -0.491 e. The Morgan fingerprint density at radius 3 is 2.73 bits per heavy atom. The van der Waals surface area contributed by atoms with Gasteiger partial charge in [0.25, 0.3) is 0 Å². The standard InChI is InChI=1S/C17H14F3NO5/c1-9-4-10-12-5-13(22)11(16(23)24)7-21(12)2-3-25-15(10)6-14(9)26-8-17(18,19)20/h4-7H,2-3,8H2,1H3,(H,23,24). The topological polar surface area (TPSA) is 77.8 Å². The van der Waals surface area contributed by atoms with Gasteiger partial charge in [0, 0.05) is 23.9 Å². The van der Waals surface area contributed by atoms with Crippen molar-refractivity contribution in [1.29, 1.82) is 0 Å². The van der Waals surface area contributed by atoms with E-state index in [4.69, 9.17) is 14.6 Å². The quantitative estimate of drug-likeness (QED) is 0.900. The van der Waals surface area contributed by atoms with E-state index in [0.29, 0.717) is 16.8 Å². The van der Waals surface area contributed by atoms with E-state index in [9.17, 15) is 22.8 Å². The van der Waals surface area contributed by atoms with Gasteiger partial charge in [0.1, 0.15) is 23.7 Å². The fourth-order valence-corrected chi connectivity index (χ4v) is 2.71. The number of pyridine rings is 1. The number of carbonyl (C=O) groups is 1. The van der Waals surface area contributed by atoms with Crippen LogP contribution in [0.25, 0.3) is 11.3 Å². The highest BCUT2D eigenvalue weighted by Gasteiger charge is 2.29. The summed E-state index contributed by atoms with van der Waals surface area (Å²) < 4.78 is 49.1. The lowest BCUT2D eigenvalue weighted by molar-refractivity contribution is -0.153. The third-order valence-corrected chi connectivity index (χ3v) is 3.89. The Labute approximate surface area is 145 Å². The molecule has 0 saturated heterocycles. The van der Waals surface area contributed by atoms with E-state index >= 15 is 0 Å². The largest absolute Gasteiger partial charge is 0.491 e. The summed E-state index contributed by atoms with van der Waals surface area (Å²) in [4.78, 5) is 23.2. The summed E-state index contributed by atoms with van der Waals surface area (Å²) >= 11 is 0. The number of halogens is 3. The first kappa shape index (κ1) is 17.8. The van der Waals surface area contributed by atoms with Gasteiger partial charge >= 0.3 is 12.1 Å². The average molecular weight is 369 g/mol. The second-order valence-corrected chi connectivity index (χ2v) is 5.80. The smallest absolute Gasteiger partial charge is 0.422 e. The molecule has 138 valence electrons. The van der Waals surface area contributed by atoms with E-state index in [1.54, 1.807) is 17.6 Å². The summed E-state index contributed by atoms with van der Waals surface area (Å²) in [7, 11) is 0. The van der Waals surface area contributed by atoms with Crippen LogP contribution in [0.2, 0.25) is 0 Å². The average Bonchev–Trinajstić information content (AvgIpc) is 2.70. The highest BCUT2D eigenvalue weighted by atomic mass is 19.4. The van der Waals surface area contributed by atoms with Crippen molar-refractivity contribution in [2.24, 2.45) is 0 Å². The molecule has 1 aromatic carbocycles. The third kappa shape index (κ3) is 3.51. The van der Waals surface area contributed by atoms with Crippen molar-refractivity contribution in [3.63, 3.8) is 0 Å². The monoisotopic (exact) mass is 369 g/mol. The number of fused-ring (bicyclic) bond motifs is 3. The molecular weight excluding hydrogens is 355 g/mol. The Hall–Kier alpha value is -2.97. The van der Waals surface area contributed by atoms with Crippen LogP contribution in [0.1, 0.15) is 15.9 Å². The van der Waals surface area contributed by atoms with Gasteiger partial charge in [-0.3, -0.25) is 4.79 Å². The second kappa shape index (κ2) is 6.40. The highest BCUT2D eigenvalue weighted by molar-refractivity contribution is 5.87. The van der Waals surface area contributed by atoms with Crippen molar-refractivity contribution in [3.05, 3.63) is 45.7 Å². The van der Waals surface area contributed by atoms with Crippen LogP contribution in [0.4, 0.5) is 13.2 Å². The number of carboxylic acid groups (broad SMARTS) is 1.